The molecule has 0 bridgehead atoms. The fourth-order valence-corrected chi connectivity index (χ4v) is 6.40. The largest absolute Gasteiger partial charge is 0.491 e. The van der Waals surface area contributed by atoms with Crippen LogP contribution < -0.4 is 19.4 Å². The summed E-state index contributed by atoms with van der Waals surface area (Å²) in [5.74, 6) is 0.471. The van der Waals surface area contributed by atoms with Crippen molar-refractivity contribution in [3.05, 3.63) is 60.9 Å². The number of hydrazone groups is 1. The van der Waals surface area contributed by atoms with Gasteiger partial charge in [-0.1, -0.05) is 20.8 Å². The smallest absolute Gasteiger partial charge is 0.190 e. The van der Waals surface area contributed by atoms with E-state index >= 15 is 0 Å². The van der Waals surface area contributed by atoms with E-state index in [1.165, 1.54) is 11.4 Å². The number of hydrogen-bond donors (Lipinski definition) is 0. The Bertz CT molecular complexity index is 1430. The zero-order valence-electron chi connectivity index (χ0n) is 27.3. The van der Waals surface area contributed by atoms with Crippen LogP contribution >= 0.6 is 0 Å². The third-order valence-electron chi connectivity index (χ3n) is 8.94. The van der Waals surface area contributed by atoms with Crippen molar-refractivity contribution in [3.8, 4) is 5.75 Å². The first kappa shape index (κ1) is 31.8. The maximum atomic E-state index is 11.9. The molecule has 3 aliphatic heterocycles. The average Bonchev–Trinajstić information content (AvgIpc) is 3.84. The molecule has 4 atom stereocenters. The van der Waals surface area contributed by atoms with Crippen LogP contribution in [0.4, 0.5) is 17.1 Å². The molecule has 2 unspecified atom stereocenters. The summed E-state index contributed by atoms with van der Waals surface area (Å²) in [5.41, 5.74) is 3.33. The van der Waals surface area contributed by atoms with Crippen LogP contribution in [0.3, 0.4) is 0 Å². The quantitative estimate of drug-likeness (QED) is 0.255. The van der Waals surface area contributed by atoms with Crippen molar-refractivity contribution in [2.45, 2.75) is 71.2 Å². The Balaban J connectivity index is 0.975. The van der Waals surface area contributed by atoms with Gasteiger partial charge in [-0.3, -0.25) is 9.80 Å². The minimum absolute atomic E-state index is 0.162. The van der Waals surface area contributed by atoms with Gasteiger partial charge in [0, 0.05) is 55.7 Å². The minimum Gasteiger partial charge on any atom is -0.491 e. The third kappa shape index (κ3) is 7.13. The van der Waals surface area contributed by atoms with Crippen LogP contribution in [0.25, 0.3) is 0 Å². The van der Waals surface area contributed by atoms with E-state index in [2.05, 4.69) is 89.2 Å². The lowest BCUT2D eigenvalue weighted by molar-refractivity contribution is -0.193. The number of carbonyl (C=O) groups excluding carboxylic acids is 1. The Morgan fingerprint density at radius 2 is 1.54 bits per heavy atom. The van der Waals surface area contributed by atoms with Gasteiger partial charge in [-0.2, -0.15) is 20.1 Å². The van der Waals surface area contributed by atoms with E-state index in [0.29, 0.717) is 25.7 Å². The number of anilines is 3. The van der Waals surface area contributed by atoms with Crippen molar-refractivity contribution in [3.63, 3.8) is 0 Å². The monoisotopic (exact) mass is 630 g/mol. The molecule has 2 fully saturated rings. The fraction of sp³-hybridized carbons (Fsp3) is 0.529. The number of ether oxygens (including phenoxy) is 3. The summed E-state index contributed by atoms with van der Waals surface area (Å²) in [6, 6.07) is 16.9. The standard InChI is InChI=1S/C34H46N8O4/c1-5-27(4)42-33(21-43)40(25-37-42)30-8-6-28(7-9-30)38-16-18-39(19-17-38)29-10-12-31(13-11-29)44-22-32-23-45-34(46-32,20-26(2)3)24-41-35-14-15-36-41/h6-15,21,25-27,32-33H,5,16-20,22-24H2,1-4H3/t27?,32-,33?,34+/m1/s1. The summed E-state index contributed by atoms with van der Waals surface area (Å²) in [6.45, 7) is 13.5. The number of aromatic nitrogens is 3. The van der Waals surface area contributed by atoms with Gasteiger partial charge in [-0.15, -0.1) is 0 Å². The Labute approximate surface area is 271 Å². The van der Waals surface area contributed by atoms with Gasteiger partial charge in [0.2, 0.25) is 0 Å². The van der Waals surface area contributed by atoms with Gasteiger partial charge in [0.25, 0.3) is 0 Å². The van der Waals surface area contributed by atoms with Crippen LogP contribution in [0.2, 0.25) is 0 Å². The average molecular weight is 631 g/mol. The predicted octanol–water partition coefficient (Wildman–Crippen LogP) is 4.23. The van der Waals surface area contributed by atoms with Crippen molar-refractivity contribution in [1.29, 1.82) is 0 Å². The molecule has 4 heterocycles. The first-order chi connectivity index (χ1) is 22.4. The third-order valence-corrected chi connectivity index (χ3v) is 8.94. The van der Waals surface area contributed by atoms with E-state index in [-0.39, 0.29) is 12.1 Å². The zero-order valence-corrected chi connectivity index (χ0v) is 27.3. The lowest BCUT2D eigenvalue weighted by Crippen LogP contribution is -2.46. The van der Waals surface area contributed by atoms with E-state index in [1.54, 1.807) is 23.5 Å². The second kappa shape index (κ2) is 14.1. The topological polar surface area (TPSA) is 101 Å². The lowest BCUT2D eigenvalue weighted by Gasteiger charge is -2.37. The molecule has 0 N–H and O–H groups in total. The molecule has 1 aromatic heterocycles. The summed E-state index contributed by atoms with van der Waals surface area (Å²) in [4.78, 5) is 20.3. The van der Waals surface area contributed by atoms with Gasteiger partial charge in [-0.25, -0.2) is 0 Å². The van der Waals surface area contributed by atoms with Crippen molar-refractivity contribution < 1.29 is 19.0 Å². The van der Waals surface area contributed by atoms with Gasteiger partial charge in [0.05, 0.1) is 19.0 Å². The first-order valence-corrected chi connectivity index (χ1v) is 16.4. The number of benzene rings is 2. The molecule has 3 aliphatic rings. The Kier molecular flexibility index (Phi) is 9.74. The Morgan fingerprint density at radius 1 is 0.935 bits per heavy atom. The molecule has 12 nitrogen and oxygen atoms in total. The summed E-state index contributed by atoms with van der Waals surface area (Å²) in [6.07, 6.45) is 7.17. The number of rotatable bonds is 13. The Hall–Kier alpha value is -4.16. The van der Waals surface area contributed by atoms with E-state index < -0.39 is 12.0 Å². The number of aldehydes is 1. The normalized spacial score (nSPS) is 23.8. The number of carbonyl (C=O) groups is 1. The van der Waals surface area contributed by atoms with Crippen LogP contribution in [-0.2, 0) is 20.8 Å². The van der Waals surface area contributed by atoms with Crippen LogP contribution in [0.1, 0.15) is 40.5 Å². The Morgan fingerprint density at radius 3 is 2.13 bits per heavy atom. The molecule has 2 aromatic carbocycles. The number of piperazine rings is 1. The highest BCUT2D eigenvalue weighted by Gasteiger charge is 2.43. The highest BCUT2D eigenvalue weighted by atomic mass is 16.8. The summed E-state index contributed by atoms with van der Waals surface area (Å²) < 4.78 is 18.7. The first-order valence-electron chi connectivity index (χ1n) is 16.4. The van der Waals surface area contributed by atoms with Crippen LogP contribution in [0, 0.1) is 5.92 Å². The number of hydrogen-bond acceptors (Lipinski definition) is 11. The SMILES string of the molecule is CCC(C)N1N=CN(c2ccc(N3CCN(c4ccc(OC[C@@H]5CO[C@](CC(C)C)(Cn6nccn6)O5)cc4)CC3)cc2)C1C=O. The van der Waals surface area contributed by atoms with E-state index in [9.17, 15) is 4.79 Å². The van der Waals surface area contributed by atoms with Crippen molar-refractivity contribution in [2.24, 2.45) is 11.0 Å². The van der Waals surface area contributed by atoms with Crippen LogP contribution in [0.5, 0.6) is 5.75 Å². The van der Waals surface area contributed by atoms with Crippen LogP contribution in [0.15, 0.2) is 66.0 Å². The second-order valence-electron chi connectivity index (χ2n) is 12.7. The fourth-order valence-electron chi connectivity index (χ4n) is 6.40. The molecule has 246 valence electrons. The summed E-state index contributed by atoms with van der Waals surface area (Å²) >= 11 is 0. The van der Waals surface area contributed by atoms with Gasteiger partial charge in [0.1, 0.15) is 31.3 Å². The molecule has 0 radical (unpaired) electrons. The highest BCUT2D eigenvalue weighted by molar-refractivity contribution is 5.88. The van der Waals surface area contributed by atoms with Gasteiger partial charge in [0.15, 0.2) is 18.2 Å². The predicted molar refractivity (Wildman–Crippen MR) is 178 cm³/mol. The van der Waals surface area contributed by atoms with Gasteiger partial charge < -0.3 is 28.9 Å². The number of nitrogens with zero attached hydrogens (tertiary/aromatic N) is 8. The van der Waals surface area contributed by atoms with E-state index in [4.69, 9.17) is 14.2 Å². The molecule has 46 heavy (non-hydrogen) atoms. The van der Waals surface area contributed by atoms with E-state index in [0.717, 1.165) is 56.7 Å². The molecule has 0 saturated carbocycles. The van der Waals surface area contributed by atoms with Crippen molar-refractivity contribution in [1.82, 2.24) is 20.0 Å². The van der Waals surface area contributed by atoms with Gasteiger partial charge >= 0.3 is 0 Å². The maximum absolute atomic E-state index is 11.9. The van der Waals surface area contributed by atoms with Crippen LogP contribution in [-0.4, -0.2) is 96.1 Å². The molecule has 0 amide bonds. The van der Waals surface area contributed by atoms with Crippen molar-refractivity contribution >= 4 is 29.7 Å². The lowest BCUT2D eigenvalue weighted by atomic mass is 10.0. The molecular weight excluding hydrogens is 584 g/mol. The zero-order chi connectivity index (χ0) is 32.1. The summed E-state index contributed by atoms with van der Waals surface area (Å²) in [5, 5.41) is 14.8. The molecule has 12 heteroatoms. The highest BCUT2D eigenvalue weighted by Crippen LogP contribution is 2.33. The molecular formula is C34H46N8O4. The maximum Gasteiger partial charge on any atom is 0.190 e. The molecule has 0 spiro atoms. The molecule has 3 aromatic rings. The molecule has 6 rings (SSSR count). The molecule has 2 saturated heterocycles. The second-order valence-corrected chi connectivity index (χ2v) is 12.7. The van der Waals surface area contributed by atoms with Gasteiger partial charge in [-0.05, 0) is 67.8 Å². The molecule has 0 aliphatic carbocycles. The van der Waals surface area contributed by atoms with E-state index in [1.807, 2.05) is 22.0 Å². The minimum atomic E-state index is -0.744. The van der Waals surface area contributed by atoms with Crippen molar-refractivity contribution in [2.75, 3.05) is 54.1 Å². The summed E-state index contributed by atoms with van der Waals surface area (Å²) in [7, 11) is 0.